The fraction of sp³-hybridized carbons (Fsp3) is 0.667. The maximum atomic E-state index is 12.0. The van der Waals surface area contributed by atoms with Gasteiger partial charge in [-0.05, 0) is 64.1 Å². The van der Waals surface area contributed by atoms with Crippen LogP contribution in [0.1, 0.15) is 54.9 Å². The van der Waals surface area contributed by atoms with E-state index in [-0.39, 0.29) is 0 Å². The number of piperidine rings is 2. The van der Waals surface area contributed by atoms with Crippen LogP contribution >= 0.6 is 0 Å². The third-order valence-corrected chi connectivity index (χ3v) is 5.67. The van der Waals surface area contributed by atoms with Crippen molar-refractivity contribution in [3.63, 3.8) is 0 Å². The molecule has 3 rings (SSSR count). The molecule has 2 aliphatic heterocycles. The molecule has 0 aromatic heterocycles. The fourth-order valence-electron chi connectivity index (χ4n) is 4.27. The highest BCUT2D eigenvalue weighted by Gasteiger charge is 2.26. The first kappa shape index (κ1) is 18.4. The van der Waals surface area contributed by atoms with E-state index >= 15 is 0 Å². The highest BCUT2D eigenvalue weighted by Crippen LogP contribution is 2.24. The Kier molecular flexibility index (Phi) is 6.13. The van der Waals surface area contributed by atoms with E-state index in [1.807, 2.05) is 0 Å². The largest absolute Gasteiger partial charge is 0.387 e. The number of β-amino-alcohol motifs (C(OH)–C–C–N with tert-alkyl or cyclic N) is 1. The van der Waals surface area contributed by atoms with Crippen molar-refractivity contribution in [2.45, 2.75) is 52.1 Å². The normalized spacial score (nSPS) is 21.6. The van der Waals surface area contributed by atoms with Gasteiger partial charge in [-0.25, -0.2) is 0 Å². The van der Waals surface area contributed by atoms with Gasteiger partial charge in [-0.3, -0.25) is 4.79 Å². The smallest absolute Gasteiger partial charge is 0.222 e. The van der Waals surface area contributed by atoms with Crippen molar-refractivity contribution < 1.29 is 9.90 Å². The molecule has 25 heavy (non-hydrogen) atoms. The van der Waals surface area contributed by atoms with Gasteiger partial charge in [0.2, 0.25) is 5.91 Å². The Labute approximate surface area is 151 Å². The first-order valence-corrected chi connectivity index (χ1v) is 9.77. The van der Waals surface area contributed by atoms with Gasteiger partial charge in [-0.15, -0.1) is 0 Å². The lowest BCUT2D eigenvalue weighted by molar-refractivity contribution is -0.134. The van der Waals surface area contributed by atoms with Gasteiger partial charge in [-0.1, -0.05) is 29.3 Å². The van der Waals surface area contributed by atoms with E-state index in [1.54, 1.807) is 0 Å². The standard InChI is InChI=1S/C21H32N2O2/c1-16-11-17(2)13-19(12-16)20(24)15-22-9-6-18(7-10-22)14-23-8-4-3-5-21(23)25/h11-13,18,20,24H,3-10,14-15H2,1-2H3/t20-/m0/s1. The van der Waals surface area contributed by atoms with Crippen LogP contribution in [0.2, 0.25) is 0 Å². The number of benzene rings is 1. The Morgan fingerprint density at radius 3 is 2.40 bits per heavy atom. The van der Waals surface area contributed by atoms with Crippen LogP contribution in [0.25, 0.3) is 0 Å². The summed E-state index contributed by atoms with van der Waals surface area (Å²) in [5.74, 6) is 0.968. The number of hydrogen-bond donors (Lipinski definition) is 1. The first-order valence-electron chi connectivity index (χ1n) is 9.77. The van der Waals surface area contributed by atoms with Crippen molar-refractivity contribution >= 4 is 5.91 Å². The summed E-state index contributed by atoms with van der Waals surface area (Å²) in [6, 6.07) is 6.32. The third-order valence-electron chi connectivity index (χ3n) is 5.67. The zero-order valence-corrected chi connectivity index (χ0v) is 15.7. The monoisotopic (exact) mass is 344 g/mol. The van der Waals surface area contributed by atoms with E-state index in [0.717, 1.165) is 63.8 Å². The van der Waals surface area contributed by atoms with Crippen molar-refractivity contribution in [1.29, 1.82) is 0 Å². The number of likely N-dealkylation sites (tertiary alicyclic amines) is 2. The Balaban J connectivity index is 1.46. The van der Waals surface area contributed by atoms with Gasteiger partial charge < -0.3 is 14.9 Å². The quantitative estimate of drug-likeness (QED) is 0.893. The van der Waals surface area contributed by atoms with Crippen LogP contribution in [0.5, 0.6) is 0 Å². The molecule has 0 unspecified atom stereocenters. The number of nitrogens with zero attached hydrogens (tertiary/aromatic N) is 2. The first-order chi connectivity index (χ1) is 12.0. The SMILES string of the molecule is Cc1cc(C)cc([C@@H](O)CN2CCC(CN3CCCCC3=O)CC2)c1. The predicted molar refractivity (Wildman–Crippen MR) is 100 cm³/mol. The molecule has 2 saturated heterocycles. The molecule has 4 heteroatoms. The molecule has 1 N–H and O–H groups in total. The third kappa shape index (κ3) is 5.05. The maximum Gasteiger partial charge on any atom is 0.222 e. The van der Waals surface area contributed by atoms with Crippen molar-refractivity contribution in [3.8, 4) is 0 Å². The molecule has 1 atom stereocenters. The molecule has 2 heterocycles. The highest BCUT2D eigenvalue weighted by atomic mass is 16.3. The van der Waals surface area contributed by atoms with E-state index in [2.05, 4.69) is 41.8 Å². The number of carbonyl (C=O) groups is 1. The molecule has 0 radical (unpaired) electrons. The molecule has 1 amide bonds. The summed E-state index contributed by atoms with van der Waals surface area (Å²) < 4.78 is 0. The number of aliphatic hydroxyl groups excluding tert-OH is 1. The van der Waals surface area contributed by atoms with Crippen LogP contribution < -0.4 is 0 Å². The lowest BCUT2D eigenvalue weighted by Gasteiger charge is -2.36. The van der Waals surface area contributed by atoms with Gasteiger partial charge in [0.25, 0.3) is 0 Å². The summed E-state index contributed by atoms with van der Waals surface area (Å²) >= 11 is 0. The molecular weight excluding hydrogens is 312 g/mol. The van der Waals surface area contributed by atoms with Crippen molar-refractivity contribution in [1.82, 2.24) is 9.80 Å². The van der Waals surface area contributed by atoms with Crippen LogP contribution in [-0.4, -0.2) is 53.5 Å². The van der Waals surface area contributed by atoms with Gasteiger partial charge >= 0.3 is 0 Å². The Bertz CT molecular complexity index is 573. The van der Waals surface area contributed by atoms with Crippen molar-refractivity contribution in [2.24, 2.45) is 5.92 Å². The van der Waals surface area contributed by atoms with Gasteiger partial charge in [0.1, 0.15) is 0 Å². The Morgan fingerprint density at radius 1 is 1.08 bits per heavy atom. The summed E-state index contributed by atoms with van der Waals surface area (Å²) in [7, 11) is 0. The van der Waals surface area contributed by atoms with E-state index in [4.69, 9.17) is 0 Å². The van der Waals surface area contributed by atoms with Gasteiger partial charge in [-0.2, -0.15) is 0 Å². The second-order valence-electron chi connectivity index (χ2n) is 7.98. The fourth-order valence-corrected chi connectivity index (χ4v) is 4.27. The predicted octanol–water partition coefficient (Wildman–Crippen LogP) is 3.06. The van der Waals surface area contributed by atoms with Gasteiger partial charge in [0, 0.05) is 26.1 Å². The maximum absolute atomic E-state index is 12.0. The minimum absolute atomic E-state index is 0.346. The van der Waals surface area contributed by atoms with Crippen LogP contribution in [0.4, 0.5) is 0 Å². The highest BCUT2D eigenvalue weighted by molar-refractivity contribution is 5.76. The molecule has 0 bridgehead atoms. The molecule has 4 nitrogen and oxygen atoms in total. The molecule has 138 valence electrons. The van der Waals surface area contributed by atoms with E-state index < -0.39 is 6.10 Å². The lowest BCUT2D eigenvalue weighted by Crippen LogP contribution is -2.43. The second kappa shape index (κ2) is 8.33. The van der Waals surface area contributed by atoms with Gasteiger partial charge in [0.05, 0.1) is 6.10 Å². The number of hydrogen-bond acceptors (Lipinski definition) is 3. The Hall–Kier alpha value is -1.39. The summed E-state index contributed by atoms with van der Waals surface area (Å²) in [6.07, 6.45) is 4.79. The van der Waals surface area contributed by atoms with Gasteiger partial charge in [0.15, 0.2) is 0 Å². The topological polar surface area (TPSA) is 43.8 Å². The molecule has 2 fully saturated rings. The van der Waals surface area contributed by atoms with Crippen molar-refractivity contribution in [3.05, 3.63) is 34.9 Å². The second-order valence-corrected chi connectivity index (χ2v) is 7.98. The number of carbonyl (C=O) groups excluding carboxylic acids is 1. The lowest BCUT2D eigenvalue weighted by atomic mass is 9.94. The van der Waals surface area contributed by atoms with E-state index in [9.17, 15) is 9.90 Å². The molecule has 0 saturated carbocycles. The van der Waals surface area contributed by atoms with E-state index in [1.165, 1.54) is 11.1 Å². The molecule has 0 spiro atoms. The van der Waals surface area contributed by atoms with E-state index in [0.29, 0.717) is 18.4 Å². The molecule has 0 aliphatic carbocycles. The van der Waals surface area contributed by atoms with Crippen LogP contribution in [0, 0.1) is 19.8 Å². The summed E-state index contributed by atoms with van der Waals surface area (Å²) in [5, 5.41) is 10.6. The summed E-state index contributed by atoms with van der Waals surface area (Å²) in [6.45, 7) is 8.80. The molecule has 1 aromatic carbocycles. The minimum atomic E-state index is -0.418. The summed E-state index contributed by atoms with van der Waals surface area (Å²) in [4.78, 5) is 16.4. The molecular formula is C21H32N2O2. The van der Waals surface area contributed by atoms with Crippen molar-refractivity contribution in [2.75, 3.05) is 32.7 Å². The zero-order valence-electron chi connectivity index (χ0n) is 15.7. The zero-order chi connectivity index (χ0) is 17.8. The number of amides is 1. The minimum Gasteiger partial charge on any atom is -0.387 e. The van der Waals surface area contributed by atoms with Crippen LogP contribution in [-0.2, 0) is 4.79 Å². The summed E-state index contributed by atoms with van der Waals surface area (Å²) in [5.41, 5.74) is 3.44. The van der Waals surface area contributed by atoms with Crippen LogP contribution in [0.3, 0.4) is 0 Å². The number of rotatable bonds is 5. The van der Waals surface area contributed by atoms with Crippen LogP contribution in [0.15, 0.2) is 18.2 Å². The Morgan fingerprint density at radius 2 is 1.76 bits per heavy atom. The number of aliphatic hydroxyl groups is 1. The average molecular weight is 344 g/mol. The average Bonchev–Trinajstić information content (AvgIpc) is 2.58. The molecule has 2 aliphatic rings. The molecule has 1 aromatic rings. The number of aryl methyl sites for hydroxylation is 2.